The zero-order valence-corrected chi connectivity index (χ0v) is 11.9. The van der Waals surface area contributed by atoms with E-state index in [1.165, 1.54) is 5.69 Å². The van der Waals surface area contributed by atoms with Gasteiger partial charge in [-0.25, -0.2) is 0 Å². The maximum Gasteiger partial charge on any atom is 0.0644 e. The molecule has 0 fully saturated rings. The summed E-state index contributed by atoms with van der Waals surface area (Å²) in [5, 5.41) is 12.7. The average molecular weight is 261 g/mol. The number of aliphatic hydroxyl groups excluding tert-OH is 1. The number of nitrogens with zero attached hydrogens (tertiary/aromatic N) is 1. The number of likely N-dealkylation sites (N-methyl/N-ethyl adjacent to an activating group) is 1. The van der Waals surface area contributed by atoms with Gasteiger partial charge in [-0.2, -0.15) is 0 Å². The zero-order valence-electron chi connectivity index (χ0n) is 11.9. The van der Waals surface area contributed by atoms with Crippen molar-refractivity contribution < 1.29 is 5.11 Å². The molecule has 4 nitrogen and oxygen atoms in total. The highest BCUT2D eigenvalue weighted by molar-refractivity contribution is 5.80. The van der Waals surface area contributed by atoms with Gasteiger partial charge in [-0.05, 0) is 6.07 Å². The van der Waals surface area contributed by atoms with Gasteiger partial charge in [0.25, 0.3) is 0 Å². The lowest BCUT2D eigenvalue weighted by Crippen LogP contribution is -2.37. The minimum atomic E-state index is -0.161. The van der Waals surface area contributed by atoms with Gasteiger partial charge in [-0.1, -0.05) is 32.0 Å². The first kappa shape index (κ1) is 13.7. The first-order valence-corrected chi connectivity index (χ1v) is 6.58. The van der Waals surface area contributed by atoms with Crippen molar-refractivity contribution in [1.82, 2.24) is 5.32 Å². The average Bonchev–Trinajstić information content (AvgIpc) is 2.38. The highest BCUT2D eigenvalue weighted by Crippen LogP contribution is 2.31. The molecule has 0 aliphatic carbocycles. The molecule has 0 unspecified atom stereocenters. The summed E-state index contributed by atoms with van der Waals surface area (Å²) in [5.74, 6) is 0. The van der Waals surface area contributed by atoms with Crippen molar-refractivity contribution in [1.29, 1.82) is 0 Å². The van der Waals surface area contributed by atoms with Crippen LogP contribution in [0.3, 0.4) is 0 Å². The molecule has 1 heterocycles. The number of benzene rings is 1. The maximum absolute atomic E-state index is 9.33. The van der Waals surface area contributed by atoms with Crippen LogP contribution in [0.1, 0.15) is 19.4 Å². The van der Waals surface area contributed by atoms with Crippen LogP contribution in [0.25, 0.3) is 5.70 Å². The number of nitrogens with one attached hydrogen (secondary N) is 1. The van der Waals surface area contributed by atoms with E-state index in [0.717, 1.165) is 23.5 Å². The predicted octanol–water partition coefficient (Wildman–Crippen LogP) is 1.37. The van der Waals surface area contributed by atoms with Crippen LogP contribution in [-0.2, 0) is 0 Å². The Labute approximate surface area is 114 Å². The summed E-state index contributed by atoms with van der Waals surface area (Å²) in [6.45, 7) is 5.61. The van der Waals surface area contributed by atoms with Crippen molar-refractivity contribution in [3.63, 3.8) is 0 Å². The summed E-state index contributed by atoms with van der Waals surface area (Å²) in [7, 11) is 2.04. The highest BCUT2D eigenvalue weighted by atomic mass is 16.3. The summed E-state index contributed by atoms with van der Waals surface area (Å²) in [6.07, 6.45) is 0. The minimum Gasteiger partial charge on any atom is -0.399 e. The SMILES string of the molecule is CN1CC(N)=C(NCC(C)(C)CO)c2ccccc21. The number of fused-ring (bicyclic) bond motifs is 1. The zero-order chi connectivity index (χ0) is 14.0. The molecule has 4 N–H and O–H groups in total. The summed E-state index contributed by atoms with van der Waals surface area (Å²) in [4.78, 5) is 2.15. The van der Waals surface area contributed by atoms with Gasteiger partial charge in [0.05, 0.1) is 17.9 Å². The Morgan fingerprint density at radius 2 is 2.05 bits per heavy atom. The van der Waals surface area contributed by atoms with Crippen LogP contribution in [0.4, 0.5) is 5.69 Å². The van der Waals surface area contributed by atoms with Crippen LogP contribution in [0.15, 0.2) is 30.0 Å². The van der Waals surface area contributed by atoms with Crippen molar-refractivity contribution in [2.45, 2.75) is 13.8 Å². The number of hydrogen-bond acceptors (Lipinski definition) is 4. The maximum atomic E-state index is 9.33. The number of aliphatic hydroxyl groups is 1. The monoisotopic (exact) mass is 261 g/mol. The molecule has 0 saturated carbocycles. The quantitative estimate of drug-likeness (QED) is 0.766. The predicted molar refractivity (Wildman–Crippen MR) is 79.7 cm³/mol. The fraction of sp³-hybridized carbons (Fsp3) is 0.467. The van der Waals surface area contributed by atoms with E-state index in [2.05, 4.69) is 22.3 Å². The lowest BCUT2D eigenvalue weighted by molar-refractivity contribution is 0.161. The molecule has 0 spiro atoms. The van der Waals surface area contributed by atoms with E-state index >= 15 is 0 Å². The molecule has 0 saturated heterocycles. The van der Waals surface area contributed by atoms with E-state index in [-0.39, 0.29) is 12.0 Å². The highest BCUT2D eigenvalue weighted by Gasteiger charge is 2.23. The van der Waals surface area contributed by atoms with Crippen LogP contribution < -0.4 is 16.0 Å². The smallest absolute Gasteiger partial charge is 0.0644 e. The summed E-state index contributed by atoms with van der Waals surface area (Å²) >= 11 is 0. The molecule has 1 aromatic rings. The third-order valence-electron chi connectivity index (χ3n) is 3.49. The number of rotatable bonds is 4. The van der Waals surface area contributed by atoms with Crippen molar-refractivity contribution in [3.8, 4) is 0 Å². The molecule has 0 bridgehead atoms. The Morgan fingerprint density at radius 3 is 2.74 bits per heavy atom. The lowest BCUT2D eigenvalue weighted by atomic mass is 9.94. The summed E-state index contributed by atoms with van der Waals surface area (Å²) in [5.41, 5.74) is 10.2. The van der Waals surface area contributed by atoms with Crippen LogP contribution >= 0.6 is 0 Å². The molecular weight excluding hydrogens is 238 g/mol. The molecule has 1 aliphatic heterocycles. The second kappa shape index (κ2) is 5.13. The number of hydrogen-bond donors (Lipinski definition) is 3. The van der Waals surface area contributed by atoms with Crippen molar-refractivity contribution in [2.24, 2.45) is 11.1 Å². The van der Waals surface area contributed by atoms with E-state index in [1.807, 2.05) is 33.0 Å². The summed E-state index contributed by atoms with van der Waals surface area (Å²) in [6, 6.07) is 8.23. The molecule has 0 amide bonds. The fourth-order valence-corrected chi connectivity index (χ4v) is 2.20. The minimum absolute atomic E-state index is 0.148. The van der Waals surface area contributed by atoms with Gasteiger partial charge in [0, 0.05) is 36.9 Å². The molecule has 2 rings (SSSR count). The van der Waals surface area contributed by atoms with Crippen molar-refractivity contribution in [3.05, 3.63) is 35.5 Å². The number of anilines is 1. The number of para-hydroxylation sites is 1. The molecule has 19 heavy (non-hydrogen) atoms. The van der Waals surface area contributed by atoms with E-state index in [9.17, 15) is 5.11 Å². The van der Waals surface area contributed by atoms with Gasteiger partial charge in [-0.15, -0.1) is 0 Å². The Hall–Kier alpha value is -1.68. The lowest BCUT2D eigenvalue weighted by Gasteiger charge is -2.32. The molecule has 0 atom stereocenters. The van der Waals surface area contributed by atoms with Gasteiger partial charge in [0.2, 0.25) is 0 Å². The van der Waals surface area contributed by atoms with Crippen molar-refractivity contribution in [2.75, 3.05) is 31.6 Å². The molecular formula is C15H23N3O. The van der Waals surface area contributed by atoms with Crippen LogP contribution in [0.5, 0.6) is 0 Å². The van der Waals surface area contributed by atoms with Crippen LogP contribution in [0, 0.1) is 5.41 Å². The van der Waals surface area contributed by atoms with Gasteiger partial charge in [-0.3, -0.25) is 0 Å². The van der Waals surface area contributed by atoms with Crippen LogP contribution in [-0.4, -0.2) is 31.9 Å². The molecule has 0 radical (unpaired) electrons. The second-order valence-electron chi connectivity index (χ2n) is 5.95. The molecule has 4 heteroatoms. The largest absolute Gasteiger partial charge is 0.399 e. The molecule has 1 aliphatic rings. The topological polar surface area (TPSA) is 61.5 Å². The Balaban J connectivity index is 2.27. The first-order chi connectivity index (χ1) is 8.94. The number of nitrogens with two attached hydrogens (primary N) is 1. The third-order valence-corrected chi connectivity index (χ3v) is 3.49. The molecule has 0 aromatic heterocycles. The van der Waals surface area contributed by atoms with Gasteiger partial charge >= 0.3 is 0 Å². The van der Waals surface area contributed by atoms with Crippen LogP contribution in [0.2, 0.25) is 0 Å². The van der Waals surface area contributed by atoms with Gasteiger partial charge in [0.1, 0.15) is 0 Å². The van der Waals surface area contributed by atoms with E-state index < -0.39 is 0 Å². The van der Waals surface area contributed by atoms with Crippen molar-refractivity contribution >= 4 is 11.4 Å². The molecule has 1 aromatic carbocycles. The Bertz CT molecular complexity index is 494. The Morgan fingerprint density at radius 1 is 1.37 bits per heavy atom. The Kier molecular flexibility index (Phi) is 3.71. The fourth-order valence-electron chi connectivity index (χ4n) is 2.20. The van der Waals surface area contributed by atoms with E-state index in [4.69, 9.17) is 5.73 Å². The summed E-state index contributed by atoms with van der Waals surface area (Å²) < 4.78 is 0. The third kappa shape index (κ3) is 2.84. The van der Waals surface area contributed by atoms with E-state index in [0.29, 0.717) is 6.54 Å². The van der Waals surface area contributed by atoms with Gasteiger partial charge in [0.15, 0.2) is 0 Å². The first-order valence-electron chi connectivity index (χ1n) is 6.58. The van der Waals surface area contributed by atoms with Gasteiger partial charge < -0.3 is 21.1 Å². The normalized spacial score (nSPS) is 15.5. The van der Waals surface area contributed by atoms with E-state index in [1.54, 1.807) is 0 Å². The second-order valence-corrected chi connectivity index (χ2v) is 5.95. The standard InChI is InChI=1S/C15H23N3O/c1-15(2,10-19)9-17-14-11-6-4-5-7-13(11)18(3)8-12(14)16/h4-7,17,19H,8-10,16H2,1-3H3. The molecule has 104 valence electrons.